The van der Waals surface area contributed by atoms with Crippen LogP contribution in [0.1, 0.15) is 11.1 Å². The quantitative estimate of drug-likeness (QED) is 0.534. The summed E-state index contributed by atoms with van der Waals surface area (Å²) in [7, 11) is 1.91. The first-order valence-corrected chi connectivity index (χ1v) is 6.78. The Bertz CT molecular complexity index is 697. The van der Waals surface area contributed by atoms with Crippen LogP contribution in [-0.4, -0.2) is 30.2 Å². The molecule has 0 aromatic heterocycles. The summed E-state index contributed by atoms with van der Waals surface area (Å²) in [5.74, 6) is 5.99. The third-order valence-electron chi connectivity index (χ3n) is 3.17. The van der Waals surface area contributed by atoms with Crippen LogP contribution in [0.5, 0.6) is 0 Å². The van der Waals surface area contributed by atoms with Gasteiger partial charge in [0.15, 0.2) is 0 Å². The molecule has 5 heteroatoms. The molecule has 2 aromatic rings. The second-order valence-corrected chi connectivity index (χ2v) is 4.75. The van der Waals surface area contributed by atoms with Crippen LogP contribution in [0.2, 0.25) is 0 Å². The smallest absolute Gasteiger partial charge is 0.269 e. The van der Waals surface area contributed by atoms with Crippen molar-refractivity contribution in [3.8, 4) is 11.8 Å². The average molecular weight is 296 g/mol. The van der Waals surface area contributed by atoms with Crippen molar-refractivity contribution < 1.29 is 10.0 Å². The number of benzene rings is 2. The van der Waals surface area contributed by atoms with Crippen LogP contribution in [0.4, 0.5) is 11.4 Å². The average Bonchev–Trinajstić information content (AvgIpc) is 2.54. The Labute approximate surface area is 129 Å². The Morgan fingerprint density at radius 3 is 2.00 bits per heavy atom. The van der Waals surface area contributed by atoms with Gasteiger partial charge in [0.1, 0.15) is 0 Å². The van der Waals surface area contributed by atoms with Crippen molar-refractivity contribution in [3.05, 3.63) is 69.8 Å². The predicted octanol–water partition coefficient (Wildman–Crippen LogP) is 2.42. The third kappa shape index (κ3) is 4.08. The van der Waals surface area contributed by atoms with E-state index in [4.69, 9.17) is 5.11 Å². The molecule has 0 atom stereocenters. The monoisotopic (exact) mass is 296 g/mol. The number of aliphatic hydroxyl groups excluding tert-OH is 1. The normalized spacial score (nSPS) is 9.73. The fraction of sp³-hybridized carbons (Fsp3) is 0.176. The number of rotatable bonds is 4. The molecule has 22 heavy (non-hydrogen) atoms. The fourth-order valence-corrected chi connectivity index (χ4v) is 1.89. The van der Waals surface area contributed by atoms with Crippen molar-refractivity contribution in [1.82, 2.24) is 0 Å². The van der Waals surface area contributed by atoms with Crippen molar-refractivity contribution >= 4 is 11.4 Å². The molecule has 0 spiro atoms. The largest absolute Gasteiger partial charge is 0.395 e. The molecule has 5 nitrogen and oxygen atoms in total. The van der Waals surface area contributed by atoms with Gasteiger partial charge in [-0.15, -0.1) is 0 Å². The molecule has 0 radical (unpaired) electrons. The van der Waals surface area contributed by atoms with Crippen LogP contribution in [0.25, 0.3) is 0 Å². The van der Waals surface area contributed by atoms with Gasteiger partial charge in [0.2, 0.25) is 0 Å². The lowest BCUT2D eigenvalue weighted by molar-refractivity contribution is -0.384. The molecule has 2 aromatic carbocycles. The lowest BCUT2D eigenvalue weighted by atomic mass is 10.1. The van der Waals surface area contributed by atoms with Gasteiger partial charge >= 0.3 is 0 Å². The van der Waals surface area contributed by atoms with Gasteiger partial charge in [0.05, 0.1) is 11.5 Å². The highest BCUT2D eigenvalue weighted by atomic mass is 16.6. The standard InChI is InChI=1S/C17H16N2O3/c1-18(12-13-20)16-8-4-14(5-9-16)2-3-15-6-10-17(11-7-15)19(21)22/h4-11,20H,12-13H2,1H3. The van der Waals surface area contributed by atoms with E-state index in [9.17, 15) is 10.1 Å². The molecule has 0 aliphatic carbocycles. The molecule has 0 aliphatic rings. The van der Waals surface area contributed by atoms with Crippen molar-refractivity contribution in [2.45, 2.75) is 0 Å². The fourth-order valence-electron chi connectivity index (χ4n) is 1.89. The summed E-state index contributed by atoms with van der Waals surface area (Å²) in [4.78, 5) is 12.1. The SMILES string of the molecule is CN(CCO)c1ccc(C#Cc2ccc([N+](=O)[O-])cc2)cc1. The second-order valence-electron chi connectivity index (χ2n) is 4.75. The molecule has 112 valence electrons. The highest BCUT2D eigenvalue weighted by molar-refractivity contribution is 5.51. The van der Waals surface area contributed by atoms with E-state index in [0.717, 1.165) is 16.8 Å². The maximum Gasteiger partial charge on any atom is 0.269 e. The molecule has 0 saturated carbocycles. The molecule has 0 unspecified atom stereocenters. The zero-order valence-corrected chi connectivity index (χ0v) is 12.2. The second kappa shape index (κ2) is 7.25. The van der Waals surface area contributed by atoms with E-state index < -0.39 is 4.92 Å². The summed E-state index contributed by atoms with van der Waals surface area (Å²) >= 11 is 0. The van der Waals surface area contributed by atoms with E-state index in [-0.39, 0.29) is 12.3 Å². The van der Waals surface area contributed by atoms with Gasteiger partial charge in [-0.1, -0.05) is 11.8 Å². The molecular weight excluding hydrogens is 280 g/mol. The molecule has 2 rings (SSSR count). The van der Waals surface area contributed by atoms with Gasteiger partial charge in [-0.3, -0.25) is 10.1 Å². The van der Waals surface area contributed by atoms with E-state index in [1.807, 2.05) is 36.2 Å². The van der Waals surface area contributed by atoms with E-state index >= 15 is 0 Å². The minimum Gasteiger partial charge on any atom is -0.395 e. The minimum atomic E-state index is -0.432. The summed E-state index contributed by atoms with van der Waals surface area (Å²) in [5.41, 5.74) is 2.66. The lowest BCUT2D eigenvalue weighted by Crippen LogP contribution is -2.20. The minimum absolute atomic E-state index is 0.0572. The predicted molar refractivity (Wildman–Crippen MR) is 85.9 cm³/mol. The van der Waals surface area contributed by atoms with E-state index in [0.29, 0.717) is 6.54 Å². The number of anilines is 1. The summed E-state index contributed by atoms with van der Waals surface area (Å²) in [6, 6.07) is 13.8. The first kappa shape index (κ1) is 15.5. The molecule has 0 fully saturated rings. The summed E-state index contributed by atoms with van der Waals surface area (Å²) < 4.78 is 0. The van der Waals surface area contributed by atoms with Crippen LogP contribution in [0.15, 0.2) is 48.5 Å². The lowest BCUT2D eigenvalue weighted by Gasteiger charge is -2.17. The van der Waals surface area contributed by atoms with Crippen molar-refractivity contribution in [3.63, 3.8) is 0 Å². The molecule has 0 saturated heterocycles. The third-order valence-corrected chi connectivity index (χ3v) is 3.17. The van der Waals surface area contributed by atoms with Gasteiger partial charge in [0, 0.05) is 42.5 Å². The zero-order valence-electron chi connectivity index (χ0n) is 12.2. The maximum absolute atomic E-state index is 10.6. The van der Waals surface area contributed by atoms with E-state index in [1.54, 1.807) is 12.1 Å². The maximum atomic E-state index is 10.6. The number of nitro benzene ring substituents is 1. The van der Waals surface area contributed by atoms with E-state index in [2.05, 4.69) is 11.8 Å². The topological polar surface area (TPSA) is 66.6 Å². The number of likely N-dealkylation sites (N-methyl/N-ethyl adjacent to an activating group) is 1. The van der Waals surface area contributed by atoms with Gasteiger partial charge in [-0.05, 0) is 36.4 Å². The number of nitrogens with zero attached hydrogens (tertiary/aromatic N) is 2. The van der Waals surface area contributed by atoms with E-state index in [1.165, 1.54) is 12.1 Å². The van der Waals surface area contributed by atoms with Crippen molar-refractivity contribution in [2.24, 2.45) is 0 Å². The summed E-state index contributed by atoms with van der Waals surface area (Å²) in [6.45, 7) is 0.687. The molecule has 1 N–H and O–H groups in total. The van der Waals surface area contributed by atoms with Crippen LogP contribution < -0.4 is 4.90 Å². The summed E-state index contributed by atoms with van der Waals surface area (Å²) in [6.07, 6.45) is 0. The molecule has 0 heterocycles. The molecule has 0 amide bonds. The number of nitro groups is 1. The Kier molecular flexibility index (Phi) is 5.12. The van der Waals surface area contributed by atoms with Gasteiger partial charge in [-0.25, -0.2) is 0 Å². The Morgan fingerprint density at radius 2 is 1.55 bits per heavy atom. The first-order valence-electron chi connectivity index (χ1n) is 6.78. The highest BCUT2D eigenvalue weighted by Gasteiger charge is 2.02. The van der Waals surface area contributed by atoms with Crippen LogP contribution in [0, 0.1) is 22.0 Å². The Hall–Kier alpha value is -2.84. The van der Waals surface area contributed by atoms with Crippen LogP contribution in [0.3, 0.4) is 0 Å². The Balaban J connectivity index is 2.09. The summed E-state index contributed by atoms with van der Waals surface area (Å²) in [5, 5.41) is 19.5. The van der Waals surface area contributed by atoms with Gasteiger partial charge < -0.3 is 10.0 Å². The molecular formula is C17H16N2O3. The number of aliphatic hydroxyl groups is 1. The Morgan fingerprint density at radius 1 is 1.05 bits per heavy atom. The molecule has 0 bridgehead atoms. The van der Waals surface area contributed by atoms with Gasteiger partial charge in [-0.2, -0.15) is 0 Å². The van der Waals surface area contributed by atoms with Gasteiger partial charge in [0.25, 0.3) is 5.69 Å². The first-order chi connectivity index (χ1) is 10.6. The van der Waals surface area contributed by atoms with Crippen LogP contribution in [-0.2, 0) is 0 Å². The zero-order chi connectivity index (χ0) is 15.9. The number of hydrogen-bond donors (Lipinski definition) is 1. The van der Waals surface area contributed by atoms with Crippen molar-refractivity contribution in [2.75, 3.05) is 25.1 Å². The number of non-ortho nitro benzene ring substituents is 1. The highest BCUT2D eigenvalue weighted by Crippen LogP contribution is 2.14. The number of hydrogen-bond acceptors (Lipinski definition) is 4. The van der Waals surface area contributed by atoms with Crippen molar-refractivity contribution in [1.29, 1.82) is 0 Å². The van der Waals surface area contributed by atoms with Crippen LogP contribution >= 0.6 is 0 Å². The molecule has 0 aliphatic heterocycles.